The third-order valence-corrected chi connectivity index (χ3v) is 7.00. The Morgan fingerprint density at radius 2 is 1.35 bits per heavy atom. The van der Waals surface area contributed by atoms with E-state index in [2.05, 4.69) is 15.9 Å². The van der Waals surface area contributed by atoms with Crippen LogP contribution in [0.15, 0.2) is 30.6 Å². The number of nitrogens with zero attached hydrogens (tertiary/aromatic N) is 2. The summed E-state index contributed by atoms with van der Waals surface area (Å²) in [5.41, 5.74) is -3.60. The van der Waals surface area contributed by atoms with Crippen LogP contribution in [0.4, 0.5) is 26.3 Å². The average Bonchev–Trinajstić information content (AvgIpc) is 3.30. The lowest BCUT2D eigenvalue weighted by Crippen LogP contribution is -2.48. The first-order valence-corrected chi connectivity index (χ1v) is 10.4. The molecule has 1 aliphatic carbocycles. The molecular formula is C21H12F6N2S2. The van der Waals surface area contributed by atoms with Gasteiger partial charge in [0.2, 0.25) is 0 Å². The molecule has 4 rings (SSSR count). The lowest BCUT2D eigenvalue weighted by molar-refractivity contribution is -0.254. The monoisotopic (exact) mass is 470 g/mol. The van der Waals surface area contributed by atoms with E-state index in [1.807, 2.05) is 0 Å². The second kappa shape index (κ2) is 6.93. The second-order valence-electron chi connectivity index (χ2n) is 6.85. The number of thiophene rings is 2. The highest BCUT2D eigenvalue weighted by atomic mass is 32.1. The molecule has 0 atom stereocenters. The molecule has 0 amide bonds. The molecule has 10 heteroatoms. The maximum atomic E-state index is 15.0. The first kappa shape index (κ1) is 21.6. The number of aryl methyl sites for hydroxylation is 2. The SMILES string of the molecule is C#Cc1cc(C2=C(c3cc(-c4ncccn4)sc3C)C(F)(F)C(F)(F)C2(F)F)c(C)s1. The smallest absolute Gasteiger partial charge is 0.236 e. The molecular weight excluding hydrogens is 458 g/mol. The fraction of sp³-hybridized carbons (Fsp3) is 0.238. The summed E-state index contributed by atoms with van der Waals surface area (Å²) in [6, 6.07) is 3.77. The van der Waals surface area contributed by atoms with E-state index >= 15 is 0 Å². The van der Waals surface area contributed by atoms with Crippen molar-refractivity contribution >= 4 is 33.8 Å². The molecule has 0 aliphatic heterocycles. The van der Waals surface area contributed by atoms with Gasteiger partial charge in [-0.05, 0) is 43.2 Å². The Bertz CT molecular complexity index is 1250. The van der Waals surface area contributed by atoms with E-state index in [0.717, 1.165) is 34.8 Å². The van der Waals surface area contributed by atoms with Gasteiger partial charge in [-0.25, -0.2) is 9.97 Å². The number of halogens is 6. The molecule has 1 aliphatic rings. The summed E-state index contributed by atoms with van der Waals surface area (Å²) in [5.74, 6) is -13.4. The normalized spacial score (nSPS) is 18.9. The Morgan fingerprint density at radius 1 is 0.839 bits per heavy atom. The molecule has 0 N–H and O–H groups in total. The molecule has 160 valence electrons. The first-order valence-electron chi connectivity index (χ1n) is 8.77. The van der Waals surface area contributed by atoms with Crippen LogP contribution < -0.4 is 0 Å². The molecule has 0 fully saturated rings. The zero-order chi connectivity index (χ0) is 22.8. The number of rotatable bonds is 3. The van der Waals surface area contributed by atoms with E-state index in [-0.39, 0.29) is 20.5 Å². The van der Waals surface area contributed by atoms with Crippen molar-refractivity contribution in [3.63, 3.8) is 0 Å². The van der Waals surface area contributed by atoms with Crippen molar-refractivity contribution < 1.29 is 26.3 Å². The second-order valence-corrected chi connectivity index (χ2v) is 9.36. The molecule has 3 aromatic heterocycles. The maximum absolute atomic E-state index is 15.0. The highest BCUT2D eigenvalue weighted by molar-refractivity contribution is 7.15. The minimum atomic E-state index is -5.62. The molecule has 3 heterocycles. The standard InChI is InChI=1S/C21H12F6N2S2/c1-4-12-8-13(10(2)30-12)16-17(20(24,25)21(26,27)19(16,22)23)14-9-15(31-11(14)3)18-28-6-5-7-29-18/h1,5-9H,2-3H3. The number of terminal acetylenes is 1. The van der Waals surface area contributed by atoms with Gasteiger partial charge in [-0.15, -0.1) is 29.1 Å². The Kier molecular flexibility index (Phi) is 4.83. The molecule has 31 heavy (non-hydrogen) atoms. The Balaban J connectivity index is 2.06. The summed E-state index contributed by atoms with van der Waals surface area (Å²) in [6.45, 7) is 2.77. The van der Waals surface area contributed by atoms with Crippen molar-refractivity contribution in [2.75, 3.05) is 0 Å². The fourth-order valence-corrected chi connectivity index (χ4v) is 5.31. The summed E-state index contributed by atoms with van der Waals surface area (Å²) < 4.78 is 88.6. The fourth-order valence-electron chi connectivity index (χ4n) is 3.50. The van der Waals surface area contributed by atoms with Crippen molar-refractivity contribution in [3.8, 4) is 23.0 Å². The number of aromatic nitrogens is 2. The number of allylic oxidation sites excluding steroid dienone is 2. The summed E-state index contributed by atoms with van der Waals surface area (Å²) in [4.78, 5) is 8.79. The third-order valence-electron chi connectivity index (χ3n) is 4.97. The van der Waals surface area contributed by atoms with E-state index < -0.39 is 40.0 Å². The van der Waals surface area contributed by atoms with Gasteiger partial charge in [0.25, 0.3) is 0 Å². The molecule has 2 nitrogen and oxygen atoms in total. The highest BCUT2D eigenvalue weighted by Crippen LogP contribution is 2.65. The van der Waals surface area contributed by atoms with E-state index in [0.29, 0.717) is 4.88 Å². The third kappa shape index (κ3) is 2.94. The predicted octanol–water partition coefficient (Wildman–Crippen LogP) is 6.70. The van der Waals surface area contributed by atoms with Gasteiger partial charge in [-0.3, -0.25) is 0 Å². The van der Waals surface area contributed by atoms with Crippen LogP contribution in [0.25, 0.3) is 21.8 Å². The minimum Gasteiger partial charge on any atom is -0.236 e. The van der Waals surface area contributed by atoms with E-state index in [4.69, 9.17) is 6.42 Å². The molecule has 0 unspecified atom stereocenters. The quantitative estimate of drug-likeness (QED) is 0.315. The van der Waals surface area contributed by atoms with Crippen LogP contribution in [0.5, 0.6) is 0 Å². The predicted molar refractivity (Wildman–Crippen MR) is 109 cm³/mol. The van der Waals surface area contributed by atoms with Crippen molar-refractivity contribution in [3.05, 3.63) is 56.4 Å². The molecule has 0 saturated carbocycles. The van der Waals surface area contributed by atoms with Crippen LogP contribution in [-0.2, 0) is 0 Å². The van der Waals surface area contributed by atoms with Gasteiger partial charge in [-0.1, -0.05) is 5.92 Å². The van der Waals surface area contributed by atoms with Gasteiger partial charge in [0.15, 0.2) is 5.82 Å². The molecule has 0 aromatic carbocycles. The number of alkyl halides is 6. The summed E-state index contributed by atoms with van der Waals surface area (Å²) in [5, 5.41) is 0. The van der Waals surface area contributed by atoms with E-state index in [9.17, 15) is 26.3 Å². The maximum Gasteiger partial charge on any atom is 0.380 e. The van der Waals surface area contributed by atoms with Crippen LogP contribution >= 0.6 is 22.7 Å². The zero-order valence-electron chi connectivity index (χ0n) is 15.9. The van der Waals surface area contributed by atoms with Gasteiger partial charge in [0, 0.05) is 33.3 Å². The van der Waals surface area contributed by atoms with Crippen LogP contribution in [0, 0.1) is 26.2 Å². The zero-order valence-corrected chi connectivity index (χ0v) is 17.6. The lowest BCUT2D eigenvalue weighted by Gasteiger charge is -2.25. The molecule has 0 saturated heterocycles. The first-order chi connectivity index (χ1) is 14.4. The van der Waals surface area contributed by atoms with Gasteiger partial charge < -0.3 is 0 Å². The number of hydrogen-bond acceptors (Lipinski definition) is 4. The minimum absolute atomic E-state index is 0.146. The largest absolute Gasteiger partial charge is 0.380 e. The van der Waals surface area contributed by atoms with E-state index in [1.54, 1.807) is 6.07 Å². The van der Waals surface area contributed by atoms with Crippen LogP contribution in [0.1, 0.15) is 25.8 Å². The van der Waals surface area contributed by atoms with Gasteiger partial charge >= 0.3 is 17.8 Å². The topological polar surface area (TPSA) is 25.8 Å². The number of hydrogen-bond donors (Lipinski definition) is 0. The van der Waals surface area contributed by atoms with Crippen LogP contribution in [-0.4, -0.2) is 27.7 Å². The molecule has 3 aromatic rings. The Morgan fingerprint density at radius 3 is 1.87 bits per heavy atom. The van der Waals surface area contributed by atoms with Crippen LogP contribution in [0.2, 0.25) is 0 Å². The summed E-state index contributed by atoms with van der Waals surface area (Å²) >= 11 is 1.85. The highest BCUT2D eigenvalue weighted by Gasteiger charge is 2.80. The Hall–Kier alpha value is -2.64. The van der Waals surface area contributed by atoms with Gasteiger partial charge in [0.05, 0.1) is 9.75 Å². The Labute approximate surface area is 181 Å². The lowest BCUT2D eigenvalue weighted by atomic mass is 9.95. The van der Waals surface area contributed by atoms with E-state index in [1.165, 1.54) is 26.2 Å². The molecule has 0 bridgehead atoms. The molecule has 0 spiro atoms. The summed E-state index contributed by atoms with van der Waals surface area (Å²) in [6.07, 6.45) is 8.13. The van der Waals surface area contributed by atoms with Gasteiger partial charge in [0.1, 0.15) is 0 Å². The van der Waals surface area contributed by atoms with Crippen molar-refractivity contribution in [1.82, 2.24) is 9.97 Å². The molecule has 0 radical (unpaired) electrons. The van der Waals surface area contributed by atoms with Gasteiger partial charge in [-0.2, -0.15) is 26.3 Å². The van der Waals surface area contributed by atoms with Crippen molar-refractivity contribution in [2.45, 2.75) is 31.6 Å². The van der Waals surface area contributed by atoms with Crippen LogP contribution in [0.3, 0.4) is 0 Å². The summed E-state index contributed by atoms with van der Waals surface area (Å²) in [7, 11) is 0. The average molecular weight is 470 g/mol. The van der Waals surface area contributed by atoms with Crippen molar-refractivity contribution in [1.29, 1.82) is 0 Å². The van der Waals surface area contributed by atoms with Crippen molar-refractivity contribution in [2.24, 2.45) is 0 Å².